The Labute approximate surface area is 120 Å². The van der Waals surface area contributed by atoms with E-state index in [0.29, 0.717) is 13.0 Å². The first-order chi connectivity index (χ1) is 9.39. The summed E-state index contributed by atoms with van der Waals surface area (Å²) < 4.78 is 0. The fraction of sp³-hybridized carbons (Fsp3) is 0.846. The summed E-state index contributed by atoms with van der Waals surface area (Å²) in [6.45, 7) is 9.09. The Bertz CT molecular complexity index is 328. The SMILES string of the molecule is CC(C)(CCC(=O)O)NC(=O)NCCN1CCNCC1. The number of nitrogens with zero attached hydrogens (tertiary/aromatic N) is 1. The van der Waals surface area contributed by atoms with Crippen molar-refractivity contribution in [1.29, 1.82) is 0 Å². The molecule has 1 saturated heterocycles. The van der Waals surface area contributed by atoms with Crippen molar-refractivity contribution in [1.82, 2.24) is 20.9 Å². The minimum atomic E-state index is -0.848. The van der Waals surface area contributed by atoms with Gasteiger partial charge in [-0.1, -0.05) is 0 Å². The van der Waals surface area contributed by atoms with Gasteiger partial charge in [-0.15, -0.1) is 0 Å². The van der Waals surface area contributed by atoms with E-state index in [0.717, 1.165) is 32.7 Å². The molecule has 7 nitrogen and oxygen atoms in total. The van der Waals surface area contributed by atoms with E-state index in [1.807, 2.05) is 13.8 Å². The quantitative estimate of drug-likeness (QED) is 0.521. The second-order valence-electron chi connectivity index (χ2n) is 5.75. The molecule has 0 aromatic rings. The van der Waals surface area contributed by atoms with Crippen LogP contribution in [-0.2, 0) is 4.79 Å². The highest BCUT2D eigenvalue weighted by Crippen LogP contribution is 2.10. The molecule has 0 radical (unpaired) electrons. The Morgan fingerprint density at radius 2 is 1.95 bits per heavy atom. The summed E-state index contributed by atoms with van der Waals surface area (Å²) in [5, 5.41) is 17.6. The Kier molecular flexibility index (Phi) is 6.74. The van der Waals surface area contributed by atoms with Crippen molar-refractivity contribution >= 4 is 12.0 Å². The zero-order valence-corrected chi connectivity index (χ0v) is 12.4. The zero-order valence-electron chi connectivity index (χ0n) is 12.4. The molecule has 0 aromatic carbocycles. The van der Waals surface area contributed by atoms with Crippen LogP contribution in [-0.4, -0.2) is 66.8 Å². The number of rotatable bonds is 7. The molecule has 1 aliphatic rings. The number of nitrogens with one attached hydrogen (secondary N) is 3. The van der Waals surface area contributed by atoms with E-state index in [-0.39, 0.29) is 12.5 Å². The number of carboxylic acids is 1. The van der Waals surface area contributed by atoms with Crippen molar-refractivity contribution in [3.8, 4) is 0 Å². The normalized spacial score (nSPS) is 16.7. The van der Waals surface area contributed by atoms with E-state index in [4.69, 9.17) is 5.11 Å². The molecule has 0 unspecified atom stereocenters. The van der Waals surface area contributed by atoms with Crippen LogP contribution in [0.15, 0.2) is 0 Å². The maximum absolute atomic E-state index is 11.7. The molecule has 7 heteroatoms. The fourth-order valence-electron chi connectivity index (χ4n) is 2.10. The van der Waals surface area contributed by atoms with E-state index >= 15 is 0 Å². The third-order valence-electron chi connectivity index (χ3n) is 3.34. The first kappa shape index (κ1) is 16.7. The van der Waals surface area contributed by atoms with E-state index < -0.39 is 11.5 Å². The first-order valence-corrected chi connectivity index (χ1v) is 7.10. The minimum absolute atomic E-state index is 0.0497. The van der Waals surface area contributed by atoms with Crippen molar-refractivity contribution in [3.63, 3.8) is 0 Å². The number of carboxylic acid groups (broad SMARTS) is 1. The second kappa shape index (κ2) is 8.06. The molecule has 2 amide bonds. The molecule has 116 valence electrons. The molecule has 1 heterocycles. The summed E-state index contributed by atoms with van der Waals surface area (Å²) in [6.07, 6.45) is 0.460. The lowest BCUT2D eigenvalue weighted by Gasteiger charge is -2.28. The van der Waals surface area contributed by atoms with Crippen molar-refractivity contribution in [2.75, 3.05) is 39.3 Å². The number of hydrogen-bond donors (Lipinski definition) is 4. The van der Waals surface area contributed by atoms with Gasteiger partial charge in [-0.3, -0.25) is 9.69 Å². The predicted molar refractivity (Wildman–Crippen MR) is 76.8 cm³/mol. The Hall–Kier alpha value is -1.34. The molecule has 0 atom stereocenters. The summed E-state index contributed by atoms with van der Waals surface area (Å²) in [4.78, 5) is 24.6. The highest BCUT2D eigenvalue weighted by molar-refractivity contribution is 5.74. The fourth-order valence-corrected chi connectivity index (χ4v) is 2.10. The maximum atomic E-state index is 11.7. The molecular formula is C13H26N4O3. The van der Waals surface area contributed by atoms with Crippen LogP contribution in [0.2, 0.25) is 0 Å². The smallest absolute Gasteiger partial charge is 0.315 e. The number of urea groups is 1. The van der Waals surface area contributed by atoms with Gasteiger partial charge in [0.25, 0.3) is 0 Å². The highest BCUT2D eigenvalue weighted by Gasteiger charge is 2.21. The molecule has 0 aliphatic carbocycles. The Morgan fingerprint density at radius 3 is 2.55 bits per heavy atom. The largest absolute Gasteiger partial charge is 0.481 e. The lowest BCUT2D eigenvalue weighted by atomic mass is 9.99. The number of piperazine rings is 1. The van der Waals surface area contributed by atoms with Gasteiger partial charge in [0.05, 0.1) is 0 Å². The molecular weight excluding hydrogens is 260 g/mol. The van der Waals surface area contributed by atoms with Crippen LogP contribution >= 0.6 is 0 Å². The number of hydrogen-bond acceptors (Lipinski definition) is 4. The van der Waals surface area contributed by atoms with Gasteiger partial charge < -0.3 is 21.1 Å². The second-order valence-corrected chi connectivity index (χ2v) is 5.75. The van der Waals surface area contributed by atoms with E-state index in [1.54, 1.807) is 0 Å². The molecule has 0 aromatic heterocycles. The predicted octanol–water partition coefficient (Wildman–Crippen LogP) is -0.166. The van der Waals surface area contributed by atoms with Crippen LogP contribution < -0.4 is 16.0 Å². The third-order valence-corrected chi connectivity index (χ3v) is 3.34. The number of aliphatic carboxylic acids is 1. The van der Waals surface area contributed by atoms with Crippen molar-refractivity contribution in [2.45, 2.75) is 32.2 Å². The van der Waals surface area contributed by atoms with Gasteiger partial charge in [0.15, 0.2) is 0 Å². The van der Waals surface area contributed by atoms with Crippen LogP contribution in [0.25, 0.3) is 0 Å². The average molecular weight is 286 g/mol. The summed E-state index contributed by atoms with van der Waals surface area (Å²) in [6, 6.07) is -0.240. The summed E-state index contributed by atoms with van der Waals surface area (Å²) in [5.41, 5.74) is -0.516. The molecule has 0 spiro atoms. The van der Waals surface area contributed by atoms with Crippen LogP contribution in [0.4, 0.5) is 4.79 Å². The summed E-state index contributed by atoms with van der Waals surface area (Å²) in [7, 11) is 0. The van der Waals surface area contributed by atoms with Crippen LogP contribution in [0.5, 0.6) is 0 Å². The number of amides is 2. The molecule has 1 fully saturated rings. The topological polar surface area (TPSA) is 93.7 Å². The van der Waals surface area contributed by atoms with E-state index in [1.165, 1.54) is 0 Å². The molecule has 1 rings (SSSR count). The lowest BCUT2D eigenvalue weighted by Crippen LogP contribution is -2.51. The lowest BCUT2D eigenvalue weighted by molar-refractivity contribution is -0.137. The zero-order chi connectivity index (χ0) is 15.0. The van der Waals surface area contributed by atoms with Crippen molar-refractivity contribution < 1.29 is 14.7 Å². The van der Waals surface area contributed by atoms with Gasteiger partial charge in [0.1, 0.15) is 0 Å². The summed E-state index contributed by atoms with van der Waals surface area (Å²) >= 11 is 0. The third kappa shape index (κ3) is 7.30. The van der Waals surface area contributed by atoms with Gasteiger partial charge in [-0.05, 0) is 20.3 Å². The first-order valence-electron chi connectivity index (χ1n) is 7.10. The van der Waals surface area contributed by atoms with Crippen LogP contribution in [0, 0.1) is 0 Å². The summed E-state index contributed by atoms with van der Waals surface area (Å²) in [5.74, 6) is -0.848. The minimum Gasteiger partial charge on any atom is -0.481 e. The van der Waals surface area contributed by atoms with Gasteiger partial charge >= 0.3 is 12.0 Å². The van der Waals surface area contributed by atoms with Crippen LogP contribution in [0.1, 0.15) is 26.7 Å². The molecule has 4 N–H and O–H groups in total. The molecule has 20 heavy (non-hydrogen) atoms. The maximum Gasteiger partial charge on any atom is 0.315 e. The monoisotopic (exact) mass is 286 g/mol. The van der Waals surface area contributed by atoms with E-state index in [2.05, 4.69) is 20.9 Å². The van der Waals surface area contributed by atoms with Crippen LogP contribution in [0.3, 0.4) is 0 Å². The molecule has 0 bridgehead atoms. The highest BCUT2D eigenvalue weighted by atomic mass is 16.4. The standard InChI is InChI=1S/C13H26N4O3/c1-13(2,4-3-11(18)19)16-12(20)15-7-10-17-8-5-14-6-9-17/h14H,3-10H2,1-2H3,(H,18,19)(H2,15,16,20). The van der Waals surface area contributed by atoms with Gasteiger partial charge in [0, 0.05) is 51.2 Å². The van der Waals surface area contributed by atoms with Gasteiger partial charge in [-0.25, -0.2) is 4.79 Å². The number of carbonyl (C=O) groups excluding carboxylic acids is 1. The van der Waals surface area contributed by atoms with Gasteiger partial charge in [-0.2, -0.15) is 0 Å². The average Bonchev–Trinajstić information content (AvgIpc) is 2.37. The molecule has 0 saturated carbocycles. The van der Waals surface area contributed by atoms with E-state index in [9.17, 15) is 9.59 Å². The molecule has 1 aliphatic heterocycles. The van der Waals surface area contributed by atoms with Crippen molar-refractivity contribution in [2.24, 2.45) is 0 Å². The Balaban J connectivity index is 2.16. The van der Waals surface area contributed by atoms with Crippen molar-refractivity contribution in [3.05, 3.63) is 0 Å². The number of carbonyl (C=O) groups is 2. The Morgan fingerprint density at radius 1 is 1.30 bits per heavy atom. The van der Waals surface area contributed by atoms with Gasteiger partial charge in [0.2, 0.25) is 0 Å².